The standard InChI is InChI=1S/C20H24BrNO4/c1-4-25-13-15-8-6-14(7-9-15)12-22-20(23)16-10-17(21)19(26-5-2)18(11-16)24-3/h6-11H,4-5,12-13H2,1-3H3,(H,22,23). The van der Waals surface area contributed by atoms with E-state index >= 15 is 0 Å². The second-order valence-electron chi connectivity index (χ2n) is 5.56. The zero-order valence-electron chi connectivity index (χ0n) is 15.3. The van der Waals surface area contributed by atoms with Gasteiger partial charge in [0.2, 0.25) is 0 Å². The SMILES string of the molecule is CCOCc1ccc(CNC(=O)c2cc(Br)c(OCC)c(OC)c2)cc1. The number of halogens is 1. The number of carbonyl (C=O) groups is 1. The quantitative estimate of drug-likeness (QED) is 0.654. The van der Waals surface area contributed by atoms with Crippen molar-refractivity contribution >= 4 is 21.8 Å². The minimum atomic E-state index is -0.176. The van der Waals surface area contributed by atoms with Crippen molar-refractivity contribution in [1.82, 2.24) is 5.32 Å². The Labute approximate surface area is 162 Å². The van der Waals surface area contributed by atoms with Crippen LogP contribution in [0.5, 0.6) is 11.5 Å². The molecule has 0 unspecified atom stereocenters. The molecular weight excluding hydrogens is 398 g/mol. The molecule has 0 spiro atoms. The first-order chi connectivity index (χ1) is 12.6. The van der Waals surface area contributed by atoms with Gasteiger partial charge in [0.25, 0.3) is 5.91 Å². The van der Waals surface area contributed by atoms with Crippen LogP contribution in [-0.2, 0) is 17.9 Å². The van der Waals surface area contributed by atoms with Crippen molar-refractivity contribution in [2.75, 3.05) is 20.3 Å². The van der Waals surface area contributed by atoms with E-state index in [1.54, 1.807) is 19.2 Å². The molecule has 0 heterocycles. The van der Waals surface area contributed by atoms with Crippen LogP contribution in [0.3, 0.4) is 0 Å². The molecule has 26 heavy (non-hydrogen) atoms. The van der Waals surface area contributed by atoms with Crippen molar-refractivity contribution in [3.8, 4) is 11.5 Å². The third-order valence-corrected chi connectivity index (χ3v) is 4.32. The van der Waals surface area contributed by atoms with Gasteiger partial charge in [0.1, 0.15) is 0 Å². The molecule has 0 saturated heterocycles. The summed E-state index contributed by atoms with van der Waals surface area (Å²) in [5.41, 5.74) is 2.64. The molecule has 0 bridgehead atoms. The zero-order chi connectivity index (χ0) is 18.9. The molecule has 0 atom stereocenters. The van der Waals surface area contributed by atoms with Crippen LogP contribution in [0.15, 0.2) is 40.9 Å². The molecule has 0 radical (unpaired) electrons. The Bertz CT molecular complexity index is 731. The normalized spacial score (nSPS) is 10.5. The number of hydrogen-bond donors (Lipinski definition) is 1. The lowest BCUT2D eigenvalue weighted by molar-refractivity contribution is 0.0950. The summed E-state index contributed by atoms with van der Waals surface area (Å²) in [6, 6.07) is 11.4. The van der Waals surface area contributed by atoms with Gasteiger partial charge >= 0.3 is 0 Å². The number of hydrogen-bond acceptors (Lipinski definition) is 4. The Morgan fingerprint density at radius 3 is 2.38 bits per heavy atom. The molecule has 0 saturated carbocycles. The fraction of sp³-hybridized carbons (Fsp3) is 0.350. The number of benzene rings is 2. The maximum atomic E-state index is 12.5. The summed E-state index contributed by atoms with van der Waals surface area (Å²) in [4.78, 5) is 12.5. The first kappa shape index (κ1) is 20.3. The van der Waals surface area contributed by atoms with E-state index in [9.17, 15) is 4.79 Å². The maximum absolute atomic E-state index is 12.5. The monoisotopic (exact) mass is 421 g/mol. The molecule has 2 aromatic carbocycles. The predicted octanol–water partition coefficient (Wildman–Crippen LogP) is 4.32. The molecule has 5 nitrogen and oxygen atoms in total. The van der Waals surface area contributed by atoms with Gasteiger partial charge < -0.3 is 19.5 Å². The van der Waals surface area contributed by atoms with E-state index < -0.39 is 0 Å². The van der Waals surface area contributed by atoms with E-state index in [2.05, 4.69) is 21.2 Å². The molecule has 0 aliphatic carbocycles. The Kier molecular flexibility index (Phi) is 7.94. The Morgan fingerprint density at radius 2 is 1.77 bits per heavy atom. The van der Waals surface area contributed by atoms with Gasteiger partial charge in [-0.15, -0.1) is 0 Å². The average molecular weight is 422 g/mol. The predicted molar refractivity (Wildman–Crippen MR) is 105 cm³/mol. The maximum Gasteiger partial charge on any atom is 0.251 e. The number of ether oxygens (including phenoxy) is 3. The van der Waals surface area contributed by atoms with E-state index in [1.807, 2.05) is 38.1 Å². The second-order valence-corrected chi connectivity index (χ2v) is 6.41. The van der Waals surface area contributed by atoms with Crippen LogP contribution in [0.4, 0.5) is 0 Å². The lowest BCUT2D eigenvalue weighted by Gasteiger charge is -2.13. The second kappa shape index (κ2) is 10.2. The molecule has 0 aliphatic heterocycles. The molecule has 0 aliphatic rings. The molecule has 140 valence electrons. The van der Waals surface area contributed by atoms with Crippen molar-refractivity contribution in [3.63, 3.8) is 0 Å². The highest BCUT2D eigenvalue weighted by atomic mass is 79.9. The summed E-state index contributed by atoms with van der Waals surface area (Å²) in [5, 5.41) is 2.92. The van der Waals surface area contributed by atoms with E-state index in [-0.39, 0.29) is 5.91 Å². The van der Waals surface area contributed by atoms with Crippen molar-refractivity contribution in [1.29, 1.82) is 0 Å². The molecule has 6 heteroatoms. The van der Waals surface area contributed by atoms with Crippen molar-refractivity contribution in [3.05, 3.63) is 57.6 Å². The first-order valence-corrected chi connectivity index (χ1v) is 9.32. The third-order valence-electron chi connectivity index (χ3n) is 3.73. The smallest absolute Gasteiger partial charge is 0.251 e. The Morgan fingerprint density at radius 1 is 1.08 bits per heavy atom. The molecule has 2 rings (SSSR count). The number of methoxy groups -OCH3 is 1. The topological polar surface area (TPSA) is 56.8 Å². The highest BCUT2D eigenvalue weighted by molar-refractivity contribution is 9.10. The first-order valence-electron chi connectivity index (χ1n) is 8.53. The van der Waals surface area contributed by atoms with Crippen LogP contribution in [-0.4, -0.2) is 26.2 Å². The summed E-state index contributed by atoms with van der Waals surface area (Å²) in [7, 11) is 1.55. The zero-order valence-corrected chi connectivity index (χ0v) is 16.9. The van der Waals surface area contributed by atoms with Gasteiger partial charge in [0.15, 0.2) is 11.5 Å². The van der Waals surface area contributed by atoms with Gasteiger partial charge in [-0.3, -0.25) is 4.79 Å². The molecule has 1 amide bonds. The Balaban J connectivity index is 2.02. The minimum absolute atomic E-state index is 0.176. The van der Waals surface area contributed by atoms with Crippen LogP contribution < -0.4 is 14.8 Å². The summed E-state index contributed by atoms with van der Waals surface area (Å²) in [6.07, 6.45) is 0. The number of rotatable bonds is 9. The number of nitrogens with one attached hydrogen (secondary N) is 1. The summed E-state index contributed by atoms with van der Waals surface area (Å²) in [6.45, 7) is 6.12. The van der Waals surface area contributed by atoms with Crippen LogP contribution in [0.25, 0.3) is 0 Å². The lowest BCUT2D eigenvalue weighted by atomic mass is 10.1. The fourth-order valence-electron chi connectivity index (χ4n) is 2.39. The molecule has 2 aromatic rings. The highest BCUT2D eigenvalue weighted by Crippen LogP contribution is 2.36. The van der Waals surface area contributed by atoms with Crippen LogP contribution in [0.1, 0.15) is 35.3 Å². The Hall–Kier alpha value is -2.05. The third kappa shape index (κ3) is 5.47. The lowest BCUT2D eigenvalue weighted by Crippen LogP contribution is -2.23. The van der Waals surface area contributed by atoms with Gasteiger partial charge in [-0.25, -0.2) is 0 Å². The number of carbonyl (C=O) groups excluding carboxylic acids is 1. The molecule has 0 fully saturated rings. The summed E-state index contributed by atoms with van der Waals surface area (Å²) >= 11 is 3.44. The highest BCUT2D eigenvalue weighted by Gasteiger charge is 2.15. The van der Waals surface area contributed by atoms with Crippen molar-refractivity contribution < 1.29 is 19.0 Å². The van der Waals surface area contributed by atoms with Crippen LogP contribution in [0.2, 0.25) is 0 Å². The largest absolute Gasteiger partial charge is 0.493 e. The minimum Gasteiger partial charge on any atom is -0.493 e. The van der Waals surface area contributed by atoms with Gasteiger partial charge in [0.05, 0.1) is 24.8 Å². The van der Waals surface area contributed by atoms with E-state index in [0.717, 1.165) is 11.1 Å². The molecular formula is C20H24BrNO4. The molecule has 0 aromatic heterocycles. The van der Waals surface area contributed by atoms with Crippen molar-refractivity contribution in [2.24, 2.45) is 0 Å². The summed E-state index contributed by atoms with van der Waals surface area (Å²) in [5.74, 6) is 0.938. The van der Waals surface area contributed by atoms with E-state index in [4.69, 9.17) is 14.2 Å². The number of amides is 1. The van der Waals surface area contributed by atoms with E-state index in [0.29, 0.717) is 47.9 Å². The van der Waals surface area contributed by atoms with Crippen LogP contribution in [0, 0.1) is 0 Å². The van der Waals surface area contributed by atoms with Crippen molar-refractivity contribution in [2.45, 2.75) is 27.0 Å². The fourth-order valence-corrected chi connectivity index (χ4v) is 2.95. The molecule has 1 N–H and O–H groups in total. The van der Waals surface area contributed by atoms with Gasteiger partial charge in [-0.05, 0) is 53.0 Å². The van der Waals surface area contributed by atoms with E-state index in [1.165, 1.54) is 0 Å². The van der Waals surface area contributed by atoms with Crippen LogP contribution >= 0.6 is 15.9 Å². The summed E-state index contributed by atoms with van der Waals surface area (Å²) < 4.78 is 16.9. The van der Waals surface area contributed by atoms with Gasteiger partial charge in [0, 0.05) is 18.7 Å². The average Bonchev–Trinajstić information content (AvgIpc) is 2.66. The van der Waals surface area contributed by atoms with Gasteiger partial charge in [-0.1, -0.05) is 24.3 Å². The van der Waals surface area contributed by atoms with Gasteiger partial charge in [-0.2, -0.15) is 0 Å².